The van der Waals surface area contributed by atoms with Crippen molar-refractivity contribution in [2.75, 3.05) is 4.90 Å². The lowest BCUT2D eigenvalue weighted by molar-refractivity contribution is 0.389. The molecule has 1 aliphatic heterocycles. The molecule has 3 heteroatoms. The normalized spacial score (nSPS) is 12.9. The van der Waals surface area contributed by atoms with Gasteiger partial charge in [-0.3, -0.25) is 0 Å². The molecule has 0 radical (unpaired) electrons. The predicted octanol–water partition coefficient (Wildman–Crippen LogP) is 16.5. The minimum absolute atomic E-state index is 0.700. The van der Waals surface area contributed by atoms with Crippen LogP contribution in [0.2, 0.25) is 0 Å². The number of ether oxygens (including phenoxy) is 1. The molecule has 3 nitrogen and oxygen atoms in total. The third kappa shape index (κ3) is 5.41. The predicted molar refractivity (Wildman–Crippen MR) is 262 cm³/mol. The molecule has 0 N–H and O–H groups in total. The van der Waals surface area contributed by atoms with Crippen LogP contribution in [0, 0.1) is 0 Å². The number of anilines is 3. The molecule has 1 aromatic heterocycles. The molecule has 0 bridgehead atoms. The maximum Gasteiger partial charge on any atom is 0.178 e. The molecule has 0 saturated carbocycles. The Kier molecular flexibility index (Phi) is 8.13. The molecule has 0 fully saturated rings. The van der Waals surface area contributed by atoms with Crippen molar-refractivity contribution in [3.8, 4) is 56.0 Å². The van der Waals surface area contributed by atoms with Crippen LogP contribution < -0.4 is 9.64 Å². The van der Waals surface area contributed by atoms with E-state index in [-0.39, 0.29) is 0 Å². The van der Waals surface area contributed by atoms with Crippen LogP contribution in [0.3, 0.4) is 0 Å². The molecule has 1 spiro atoms. The SMILES string of the molecule is c1ccc(-c2cc(-c3ccccc3)cc(N(c3ccc4c5c(oc4c3)C3(c4ccccc4O5)c4ccccc4-c4ccccc43)c3ccc(-c4ccccc4)c4ccccc34)c2)cc1. The van der Waals surface area contributed by atoms with Crippen LogP contribution in [0.15, 0.2) is 241 Å². The van der Waals surface area contributed by atoms with Gasteiger partial charge in [0.15, 0.2) is 11.5 Å². The Balaban J connectivity index is 1.08. The van der Waals surface area contributed by atoms with Crippen molar-refractivity contribution in [1.82, 2.24) is 0 Å². The van der Waals surface area contributed by atoms with Gasteiger partial charge < -0.3 is 14.1 Å². The Bertz CT molecular complexity index is 3490. The van der Waals surface area contributed by atoms with Gasteiger partial charge in [-0.2, -0.15) is 0 Å². The lowest BCUT2D eigenvalue weighted by Crippen LogP contribution is -2.31. The summed E-state index contributed by atoms with van der Waals surface area (Å²) < 4.78 is 14.3. The van der Waals surface area contributed by atoms with Crippen LogP contribution in [-0.2, 0) is 5.41 Å². The summed E-state index contributed by atoms with van der Waals surface area (Å²) in [6.07, 6.45) is 0. The molecule has 2 aliphatic rings. The Morgan fingerprint density at radius 1 is 0.344 bits per heavy atom. The molecule has 1 aliphatic carbocycles. The number of furan rings is 1. The summed E-state index contributed by atoms with van der Waals surface area (Å²) in [6, 6.07) is 84.9. The standard InChI is InChI=1S/C61H39NO2/c1-4-18-40(19-5-1)43-36-44(41-20-6-2-7-21-41)38-46(37-43)62(56-35-34-47(42-22-8-3-9-23-42)48-24-10-11-27-51(48)56)45-32-33-52-58(39-45)64-60-59(52)63-57-31-17-16-30-55(57)61(60)53-28-14-12-25-49(53)50-26-13-15-29-54(50)61/h1-39H. The fraction of sp³-hybridized carbons (Fsp3) is 0.0164. The molecule has 2 heterocycles. The second kappa shape index (κ2) is 14.3. The smallest absolute Gasteiger partial charge is 0.178 e. The summed E-state index contributed by atoms with van der Waals surface area (Å²) in [4.78, 5) is 2.41. The van der Waals surface area contributed by atoms with Gasteiger partial charge in [-0.15, -0.1) is 0 Å². The van der Waals surface area contributed by atoms with E-state index in [0.717, 1.165) is 78.5 Å². The molecule has 64 heavy (non-hydrogen) atoms. The van der Waals surface area contributed by atoms with Crippen molar-refractivity contribution in [3.05, 3.63) is 259 Å². The fourth-order valence-corrected chi connectivity index (χ4v) is 10.5. The third-order valence-corrected chi connectivity index (χ3v) is 13.3. The van der Waals surface area contributed by atoms with Crippen LogP contribution in [0.1, 0.15) is 22.5 Å². The van der Waals surface area contributed by atoms with Crippen LogP contribution >= 0.6 is 0 Å². The number of nitrogens with zero attached hydrogens (tertiary/aromatic N) is 1. The molecule has 10 aromatic carbocycles. The maximum absolute atomic E-state index is 7.36. The molecule has 0 atom stereocenters. The summed E-state index contributed by atoms with van der Waals surface area (Å²) >= 11 is 0. The van der Waals surface area contributed by atoms with Gasteiger partial charge >= 0.3 is 0 Å². The highest BCUT2D eigenvalue weighted by Crippen LogP contribution is 2.64. The molecule has 0 amide bonds. The zero-order valence-corrected chi connectivity index (χ0v) is 34.8. The number of hydrogen-bond donors (Lipinski definition) is 0. The maximum atomic E-state index is 7.36. The van der Waals surface area contributed by atoms with E-state index >= 15 is 0 Å². The Labute approximate surface area is 371 Å². The van der Waals surface area contributed by atoms with Crippen molar-refractivity contribution in [3.63, 3.8) is 0 Å². The van der Waals surface area contributed by atoms with Crippen LogP contribution in [0.25, 0.3) is 66.2 Å². The first-order chi connectivity index (χ1) is 31.7. The minimum Gasteiger partial charge on any atom is -0.455 e. The van der Waals surface area contributed by atoms with Gasteiger partial charge in [0.25, 0.3) is 0 Å². The van der Waals surface area contributed by atoms with E-state index in [9.17, 15) is 0 Å². The van der Waals surface area contributed by atoms with Crippen LogP contribution in [-0.4, -0.2) is 0 Å². The second-order valence-corrected chi connectivity index (χ2v) is 16.8. The summed E-state index contributed by atoms with van der Waals surface area (Å²) in [7, 11) is 0. The van der Waals surface area contributed by atoms with E-state index < -0.39 is 5.41 Å². The minimum atomic E-state index is -0.700. The average Bonchev–Trinajstić information content (AvgIpc) is 3.88. The molecular formula is C61H39NO2. The molecule has 13 rings (SSSR count). The molecule has 0 unspecified atom stereocenters. The lowest BCUT2D eigenvalue weighted by atomic mass is 9.69. The van der Waals surface area contributed by atoms with Crippen molar-refractivity contribution in [1.29, 1.82) is 0 Å². The molecular weight excluding hydrogens is 779 g/mol. The van der Waals surface area contributed by atoms with Gasteiger partial charge in [0, 0.05) is 28.4 Å². The van der Waals surface area contributed by atoms with Gasteiger partial charge in [-0.25, -0.2) is 0 Å². The zero-order valence-electron chi connectivity index (χ0n) is 34.8. The second-order valence-electron chi connectivity index (χ2n) is 16.8. The van der Waals surface area contributed by atoms with Crippen molar-refractivity contribution in [2.24, 2.45) is 0 Å². The fourth-order valence-electron chi connectivity index (χ4n) is 10.5. The first-order valence-electron chi connectivity index (χ1n) is 21.9. The van der Waals surface area contributed by atoms with Gasteiger partial charge in [0.2, 0.25) is 0 Å². The van der Waals surface area contributed by atoms with Crippen LogP contribution in [0.4, 0.5) is 17.1 Å². The van der Waals surface area contributed by atoms with E-state index in [2.05, 4.69) is 241 Å². The summed E-state index contributed by atoms with van der Waals surface area (Å²) in [6.45, 7) is 0. The summed E-state index contributed by atoms with van der Waals surface area (Å²) in [5, 5.41) is 3.26. The third-order valence-electron chi connectivity index (χ3n) is 13.3. The van der Waals surface area contributed by atoms with Crippen molar-refractivity contribution in [2.45, 2.75) is 5.41 Å². The van der Waals surface area contributed by atoms with Crippen molar-refractivity contribution >= 4 is 38.8 Å². The average molecular weight is 818 g/mol. The largest absolute Gasteiger partial charge is 0.455 e. The first-order valence-corrected chi connectivity index (χ1v) is 21.9. The quantitative estimate of drug-likeness (QED) is 0.167. The Morgan fingerprint density at radius 2 is 0.891 bits per heavy atom. The highest BCUT2D eigenvalue weighted by Gasteiger charge is 2.54. The molecule has 300 valence electrons. The van der Waals surface area contributed by atoms with Crippen LogP contribution in [0.5, 0.6) is 11.5 Å². The highest BCUT2D eigenvalue weighted by atomic mass is 16.5. The van der Waals surface area contributed by atoms with E-state index in [0.29, 0.717) is 0 Å². The summed E-state index contributed by atoms with van der Waals surface area (Å²) in [5.41, 5.74) is 16.0. The van der Waals surface area contributed by atoms with E-state index in [1.807, 2.05) is 0 Å². The monoisotopic (exact) mass is 817 g/mol. The van der Waals surface area contributed by atoms with E-state index in [1.165, 1.54) is 38.8 Å². The van der Waals surface area contributed by atoms with Gasteiger partial charge in [0.05, 0.1) is 11.1 Å². The highest BCUT2D eigenvalue weighted by molar-refractivity contribution is 6.07. The lowest BCUT2D eigenvalue weighted by Gasteiger charge is -2.36. The Morgan fingerprint density at radius 3 is 1.55 bits per heavy atom. The topological polar surface area (TPSA) is 25.6 Å². The summed E-state index contributed by atoms with van der Waals surface area (Å²) in [5.74, 6) is 2.40. The van der Waals surface area contributed by atoms with Gasteiger partial charge in [0.1, 0.15) is 16.7 Å². The number of fused-ring (bicyclic) bond motifs is 12. The van der Waals surface area contributed by atoms with E-state index in [1.54, 1.807) is 0 Å². The number of hydrogen-bond acceptors (Lipinski definition) is 3. The zero-order chi connectivity index (χ0) is 42.2. The first kappa shape index (κ1) is 36.3. The number of benzene rings is 10. The van der Waals surface area contributed by atoms with Crippen molar-refractivity contribution < 1.29 is 9.15 Å². The molecule has 0 saturated heterocycles. The van der Waals surface area contributed by atoms with E-state index in [4.69, 9.17) is 9.15 Å². The number of para-hydroxylation sites is 1. The van der Waals surface area contributed by atoms with Gasteiger partial charge in [-0.05, 0) is 103 Å². The Hall–Kier alpha value is -8.40. The molecule has 11 aromatic rings. The van der Waals surface area contributed by atoms with Gasteiger partial charge in [-0.1, -0.05) is 188 Å². The number of rotatable bonds is 6.